The SMILES string of the molecule is CCS(=O)(=O)Nc1cc(-n2c(=O)cc(C(F)(F)F)n(C)c2=O)c(F)cc1C#N. The number of rotatable bonds is 4. The van der Waals surface area contributed by atoms with E-state index in [1.165, 1.54) is 6.92 Å². The highest BCUT2D eigenvalue weighted by atomic mass is 32.2. The lowest BCUT2D eigenvalue weighted by Gasteiger charge is -2.15. The smallest absolute Gasteiger partial charge is 0.292 e. The number of nitrogens with zero attached hydrogens (tertiary/aromatic N) is 3. The third kappa shape index (κ3) is 3.91. The average Bonchev–Trinajstić information content (AvgIpc) is 2.59. The minimum Gasteiger partial charge on any atom is -0.292 e. The van der Waals surface area contributed by atoms with Crippen LogP contribution in [0, 0.1) is 17.1 Å². The fourth-order valence-corrected chi connectivity index (χ4v) is 2.92. The molecule has 0 aliphatic heterocycles. The molecular weight excluding hydrogens is 408 g/mol. The molecule has 2 rings (SSSR count). The van der Waals surface area contributed by atoms with Gasteiger partial charge in [-0.05, 0) is 19.1 Å². The molecule has 0 atom stereocenters. The van der Waals surface area contributed by atoms with Gasteiger partial charge in [0.05, 0.1) is 22.7 Å². The molecule has 0 bridgehead atoms. The maximum Gasteiger partial charge on any atom is 0.431 e. The molecule has 0 unspecified atom stereocenters. The zero-order chi connectivity index (χ0) is 21.4. The normalized spacial score (nSPS) is 11.9. The summed E-state index contributed by atoms with van der Waals surface area (Å²) in [7, 11) is -3.18. The van der Waals surface area contributed by atoms with Crippen molar-refractivity contribution in [3.63, 3.8) is 0 Å². The zero-order valence-corrected chi connectivity index (χ0v) is 15.2. The van der Waals surface area contributed by atoms with E-state index < -0.39 is 61.7 Å². The van der Waals surface area contributed by atoms with Crippen LogP contribution in [0.1, 0.15) is 18.2 Å². The second-order valence-electron chi connectivity index (χ2n) is 5.51. The summed E-state index contributed by atoms with van der Waals surface area (Å²) in [6.07, 6.45) is -5.00. The average molecular weight is 420 g/mol. The van der Waals surface area contributed by atoms with Crippen LogP contribution in [0.3, 0.4) is 0 Å². The number of hydrogen-bond acceptors (Lipinski definition) is 5. The number of alkyl halides is 3. The Kier molecular flexibility index (Phi) is 5.38. The van der Waals surface area contributed by atoms with E-state index in [0.29, 0.717) is 12.1 Å². The monoisotopic (exact) mass is 420 g/mol. The van der Waals surface area contributed by atoms with Crippen molar-refractivity contribution >= 4 is 15.7 Å². The van der Waals surface area contributed by atoms with Crippen LogP contribution in [0.15, 0.2) is 27.8 Å². The summed E-state index contributed by atoms with van der Waals surface area (Å²) in [6.45, 7) is 1.29. The summed E-state index contributed by atoms with van der Waals surface area (Å²) in [5.74, 6) is -1.68. The second kappa shape index (κ2) is 7.12. The standard InChI is InChI=1S/C15H12F4N4O4S/c1-3-28(26,27)21-10-5-11(9(16)4-8(10)7-20)23-13(24)6-12(15(17,18)19)22(2)14(23)25/h4-6,21H,3H2,1-2H3. The maximum atomic E-state index is 14.4. The van der Waals surface area contributed by atoms with E-state index >= 15 is 0 Å². The molecule has 13 heteroatoms. The van der Waals surface area contributed by atoms with Gasteiger partial charge in [-0.25, -0.2) is 22.2 Å². The molecular formula is C15H12F4N4O4S. The van der Waals surface area contributed by atoms with Gasteiger partial charge in [0.1, 0.15) is 17.6 Å². The molecule has 1 N–H and O–H groups in total. The molecule has 0 radical (unpaired) electrons. The van der Waals surface area contributed by atoms with E-state index in [1.807, 2.05) is 4.72 Å². The van der Waals surface area contributed by atoms with Gasteiger partial charge in [0.25, 0.3) is 5.56 Å². The summed E-state index contributed by atoms with van der Waals surface area (Å²) >= 11 is 0. The van der Waals surface area contributed by atoms with Crippen molar-refractivity contribution < 1.29 is 26.0 Å². The third-order valence-electron chi connectivity index (χ3n) is 3.70. The molecule has 8 nitrogen and oxygen atoms in total. The van der Waals surface area contributed by atoms with Crippen LogP contribution in [-0.4, -0.2) is 23.3 Å². The molecule has 0 spiro atoms. The Morgan fingerprint density at radius 2 is 1.82 bits per heavy atom. The number of halogens is 4. The van der Waals surface area contributed by atoms with Crippen LogP contribution in [0.5, 0.6) is 0 Å². The fourth-order valence-electron chi connectivity index (χ4n) is 2.27. The van der Waals surface area contributed by atoms with E-state index in [-0.39, 0.29) is 15.2 Å². The Morgan fingerprint density at radius 3 is 2.32 bits per heavy atom. The van der Waals surface area contributed by atoms with E-state index in [1.54, 1.807) is 6.07 Å². The van der Waals surface area contributed by atoms with Gasteiger partial charge >= 0.3 is 11.9 Å². The first-order valence-corrected chi connectivity index (χ1v) is 9.12. The van der Waals surface area contributed by atoms with E-state index in [0.717, 1.165) is 7.05 Å². The summed E-state index contributed by atoms with van der Waals surface area (Å²) in [4.78, 5) is 24.4. The Labute approximate surface area is 155 Å². The topological polar surface area (TPSA) is 114 Å². The first-order chi connectivity index (χ1) is 12.8. The highest BCUT2D eigenvalue weighted by molar-refractivity contribution is 7.92. The molecule has 1 aromatic heterocycles. The molecule has 150 valence electrons. The van der Waals surface area contributed by atoms with E-state index in [4.69, 9.17) is 5.26 Å². The Morgan fingerprint density at radius 1 is 1.21 bits per heavy atom. The van der Waals surface area contributed by atoms with Crippen molar-refractivity contribution in [3.8, 4) is 11.8 Å². The number of anilines is 1. The van der Waals surface area contributed by atoms with Gasteiger partial charge in [-0.15, -0.1) is 0 Å². The van der Waals surface area contributed by atoms with Gasteiger partial charge < -0.3 is 0 Å². The molecule has 0 aliphatic rings. The first-order valence-electron chi connectivity index (χ1n) is 7.47. The molecule has 1 heterocycles. The molecule has 2 aromatic rings. The van der Waals surface area contributed by atoms with Crippen molar-refractivity contribution in [3.05, 3.63) is 56.1 Å². The van der Waals surface area contributed by atoms with Crippen LogP contribution < -0.4 is 16.0 Å². The summed E-state index contributed by atoms with van der Waals surface area (Å²) in [5, 5.41) is 9.04. The maximum absolute atomic E-state index is 14.4. The molecule has 0 saturated heterocycles. The lowest BCUT2D eigenvalue weighted by atomic mass is 10.1. The fraction of sp³-hybridized carbons (Fsp3) is 0.267. The van der Waals surface area contributed by atoms with Crippen LogP contribution in [-0.2, 0) is 23.2 Å². The van der Waals surface area contributed by atoms with Crippen molar-refractivity contribution in [1.29, 1.82) is 5.26 Å². The minimum atomic E-state index is -5.00. The molecule has 0 aliphatic carbocycles. The highest BCUT2D eigenvalue weighted by Crippen LogP contribution is 2.27. The summed E-state index contributed by atoms with van der Waals surface area (Å²) in [6, 6.07) is 2.90. The van der Waals surface area contributed by atoms with Crippen LogP contribution in [0.4, 0.5) is 23.2 Å². The van der Waals surface area contributed by atoms with Gasteiger partial charge in [0.2, 0.25) is 10.0 Å². The van der Waals surface area contributed by atoms with Gasteiger partial charge in [0, 0.05) is 13.1 Å². The van der Waals surface area contributed by atoms with Gasteiger partial charge in [-0.1, -0.05) is 0 Å². The second-order valence-corrected chi connectivity index (χ2v) is 7.52. The van der Waals surface area contributed by atoms with Crippen molar-refractivity contribution in [1.82, 2.24) is 9.13 Å². The highest BCUT2D eigenvalue weighted by Gasteiger charge is 2.35. The van der Waals surface area contributed by atoms with E-state index in [9.17, 15) is 35.6 Å². The van der Waals surface area contributed by atoms with E-state index in [2.05, 4.69) is 0 Å². The lowest BCUT2D eigenvalue weighted by Crippen LogP contribution is -2.41. The van der Waals surface area contributed by atoms with Crippen LogP contribution in [0.2, 0.25) is 0 Å². The predicted octanol–water partition coefficient (Wildman–Crippen LogP) is 1.33. The van der Waals surface area contributed by atoms with Crippen LogP contribution >= 0.6 is 0 Å². The molecule has 0 amide bonds. The number of benzene rings is 1. The summed E-state index contributed by atoms with van der Waals surface area (Å²) < 4.78 is 78.8. The number of hydrogen-bond donors (Lipinski definition) is 1. The number of nitriles is 1. The Hall–Kier alpha value is -3.14. The molecule has 1 aromatic carbocycles. The summed E-state index contributed by atoms with van der Waals surface area (Å²) in [5.41, 5.74) is -6.23. The number of aromatic nitrogens is 2. The van der Waals surface area contributed by atoms with Crippen molar-refractivity contribution in [2.75, 3.05) is 10.5 Å². The van der Waals surface area contributed by atoms with Gasteiger partial charge in [-0.2, -0.15) is 18.4 Å². The molecule has 0 fully saturated rings. The van der Waals surface area contributed by atoms with Gasteiger partial charge in [-0.3, -0.25) is 14.1 Å². The molecule has 0 saturated carbocycles. The van der Waals surface area contributed by atoms with Crippen LogP contribution in [0.25, 0.3) is 5.69 Å². The minimum absolute atomic E-state index is 0.106. The Balaban J connectivity index is 2.84. The lowest BCUT2D eigenvalue weighted by molar-refractivity contribution is -0.144. The quantitative estimate of drug-likeness (QED) is 0.750. The number of nitrogens with one attached hydrogen (secondary N) is 1. The third-order valence-corrected chi connectivity index (χ3v) is 5.00. The Bertz CT molecular complexity index is 1210. The van der Waals surface area contributed by atoms with Crippen molar-refractivity contribution in [2.24, 2.45) is 7.05 Å². The van der Waals surface area contributed by atoms with Crippen molar-refractivity contribution in [2.45, 2.75) is 13.1 Å². The first kappa shape index (κ1) is 21.2. The zero-order valence-electron chi connectivity index (χ0n) is 14.3. The number of sulfonamides is 1. The van der Waals surface area contributed by atoms with Gasteiger partial charge in [0.15, 0.2) is 0 Å². The largest absolute Gasteiger partial charge is 0.431 e. The molecule has 28 heavy (non-hydrogen) atoms. The predicted molar refractivity (Wildman–Crippen MR) is 90.0 cm³/mol.